The summed E-state index contributed by atoms with van der Waals surface area (Å²) in [6.07, 6.45) is -1.05. The van der Waals surface area contributed by atoms with Crippen LogP contribution in [0, 0.1) is 5.92 Å². The van der Waals surface area contributed by atoms with Crippen LogP contribution >= 0.6 is 27.7 Å². The highest BCUT2D eigenvalue weighted by Crippen LogP contribution is 2.21. The van der Waals surface area contributed by atoms with Gasteiger partial charge in [0.25, 0.3) is 5.91 Å². The summed E-state index contributed by atoms with van der Waals surface area (Å²) in [4.78, 5) is 35.2. The Hall–Kier alpha value is -1.54. The number of nitrogens with two attached hydrogens (primary N) is 1. The molecule has 0 heterocycles. The van der Waals surface area contributed by atoms with E-state index in [0.29, 0.717) is 0 Å². The highest BCUT2D eigenvalue weighted by molar-refractivity contribution is 9.10. The van der Waals surface area contributed by atoms with Crippen LogP contribution in [-0.2, 0) is 14.3 Å². The number of benzene rings is 1. The smallest absolute Gasteiger partial charge is 0.318 e. The summed E-state index contributed by atoms with van der Waals surface area (Å²) >= 11 is 4.62. The topological polar surface area (TPSA) is 98.5 Å². The molecule has 1 aromatic rings. The minimum atomic E-state index is -1.05. The first-order chi connectivity index (χ1) is 10.3. The molecule has 6 nitrogen and oxygen atoms in total. The number of thioether (sulfide) groups is 1. The van der Waals surface area contributed by atoms with Gasteiger partial charge in [-0.2, -0.15) is 0 Å². The summed E-state index contributed by atoms with van der Waals surface area (Å²) in [5, 5.41) is 1.92. The Morgan fingerprint density at radius 1 is 1.27 bits per heavy atom. The van der Waals surface area contributed by atoms with Gasteiger partial charge < -0.3 is 10.5 Å². The zero-order valence-electron chi connectivity index (χ0n) is 12.2. The molecule has 0 bridgehead atoms. The fourth-order valence-electron chi connectivity index (χ4n) is 1.53. The van der Waals surface area contributed by atoms with Gasteiger partial charge in [0.05, 0.1) is 5.75 Å². The largest absolute Gasteiger partial charge is 0.451 e. The lowest BCUT2D eigenvalue weighted by Gasteiger charge is -2.19. The number of amides is 3. The molecule has 0 saturated carbocycles. The number of esters is 1. The summed E-state index contributed by atoms with van der Waals surface area (Å²) in [6.45, 7) is 3.42. The van der Waals surface area contributed by atoms with E-state index in [1.54, 1.807) is 13.8 Å². The maximum Gasteiger partial charge on any atom is 0.318 e. The lowest BCUT2D eigenvalue weighted by molar-refractivity contribution is -0.155. The van der Waals surface area contributed by atoms with Crippen molar-refractivity contribution in [1.29, 1.82) is 0 Å². The molecule has 0 aliphatic heterocycles. The number of carbonyl (C=O) groups excluding carboxylic acids is 3. The van der Waals surface area contributed by atoms with E-state index in [1.807, 2.05) is 29.6 Å². The van der Waals surface area contributed by atoms with E-state index < -0.39 is 24.0 Å². The highest BCUT2D eigenvalue weighted by Gasteiger charge is 2.27. The number of nitrogens with one attached hydrogen (secondary N) is 1. The molecule has 0 aliphatic rings. The van der Waals surface area contributed by atoms with Crippen molar-refractivity contribution >= 4 is 45.6 Å². The lowest BCUT2D eigenvalue weighted by atomic mass is 10.1. The minimum absolute atomic E-state index is 0.0642. The summed E-state index contributed by atoms with van der Waals surface area (Å²) in [6, 6.07) is 6.48. The van der Waals surface area contributed by atoms with Crippen molar-refractivity contribution < 1.29 is 19.1 Å². The average Bonchev–Trinajstić information content (AvgIpc) is 2.43. The van der Waals surface area contributed by atoms with Gasteiger partial charge in [0.2, 0.25) is 0 Å². The normalized spacial score (nSPS) is 11.8. The third kappa shape index (κ3) is 6.48. The highest BCUT2D eigenvalue weighted by atomic mass is 79.9. The van der Waals surface area contributed by atoms with E-state index in [1.165, 1.54) is 11.8 Å². The molecule has 3 amide bonds. The van der Waals surface area contributed by atoms with E-state index in [2.05, 4.69) is 15.9 Å². The Labute approximate surface area is 141 Å². The molecule has 22 heavy (non-hydrogen) atoms. The fourth-order valence-corrected chi connectivity index (χ4v) is 2.48. The van der Waals surface area contributed by atoms with Gasteiger partial charge in [-0.25, -0.2) is 4.79 Å². The molecule has 0 unspecified atom stereocenters. The van der Waals surface area contributed by atoms with Crippen LogP contribution < -0.4 is 11.1 Å². The zero-order chi connectivity index (χ0) is 16.7. The minimum Gasteiger partial charge on any atom is -0.451 e. The molecule has 0 aliphatic carbocycles. The number of imide groups is 1. The molecule has 0 aromatic heterocycles. The van der Waals surface area contributed by atoms with Crippen molar-refractivity contribution in [3.63, 3.8) is 0 Å². The molecular weight excluding hydrogens is 372 g/mol. The van der Waals surface area contributed by atoms with Gasteiger partial charge in [0, 0.05) is 9.37 Å². The molecule has 0 fully saturated rings. The number of rotatable bonds is 6. The van der Waals surface area contributed by atoms with Crippen molar-refractivity contribution in [3.05, 3.63) is 28.7 Å². The van der Waals surface area contributed by atoms with Gasteiger partial charge in [0.1, 0.15) is 0 Å². The van der Waals surface area contributed by atoms with Crippen LogP contribution in [0.25, 0.3) is 0 Å². The van der Waals surface area contributed by atoms with Crippen molar-refractivity contribution in [2.24, 2.45) is 11.7 Å². The first kappa shape index (κ1) is 18.5. The van der Waals surface area contributed by atoms with E-state index in [-0.39, 0.29) is 11.7 Å². The number of hydrogen-bond donors (Lipinski definition) is 2. The standard InChI is InChI=1S/C14H17BrN2O4S/c1-8(2)12(13(19)17-14(16)20)21-11(18)7-22-10-5-3-9(15)4-6-10/h3-6,8,12H,7H2,1-2H3,(H3,16,17,19,20)/t12-/m1/s1. The molecule has 1 rings (SSSR count). The summed E-state index contributed by atoms with van der Waals surface area (Å²) in [7, 11) is 0. The number of halogens is 1. The maximum absolute atomic E-state index is 11.8. The second-order valence-corrected chi connectivity index (χ2v) is 6.72. The number of primary amides is 1. The van der Waals surface area contributed by atoms with Crippen molar-refractivity contribution in [2.75, 3.05) is 5.75 Å². The van der Waals surface area contributed by atoms with Gasteiger partial charge in [0.15, 0.2) is 6.10 Å². The SMILES string of the molecule is CC(C)[C@@H](OC(=O)CSc1ccc(Br)cc1)C(=O)NC(N)=O. The lowest BCUT2D eigenvalue weighted by Crippen LogP contribution is -2.45. The summed E-state index contributed by atoms with van der Waals surface area (Å²) in [5.74, 6) is -1.47. The Morgan fingerprint density at radius 3 is 2.36 bits per heavy atom. The molecule has 1 atom stereocenters. The van der Waals surface area contributed by atoms with Crippen LogP contribution in [0.2, 0.25) is 0 Å². The third-order valence-corrected chi connectivity index (χ3v) is 4.05. The number of carbonyl (C=O) groups is 3. The molecule has 120 valence electrons. The second-order valence-electron chi connectivity index (χ2n) is 4.75. The van der Waals surface area contributed by atoms with Crippen molar-refractivity contribution in [1.82, 2.24) is 5.32 Å². The second kappa shape index (κ2) is 8.79. The van der Waals surface area contributed by atoms with Crippen LogP contribution in [0.5, 0.6) is 0 Å². The molecular formula is C14H17BrN2O4S. The molecule has 0 saturated heterocycles. The molecule has 0 radical (unpaired) electrons. The summed E-state index contributed by atoms with van der Waals surface area (Å²) < 4.78 is 6.08. The monoisotopic (exact) mass is 388 g/mol. The van der Waals surface area contributed by atoms with Gasteiger partial charge in [-0.3, -0.25) is 14.9 Å². The molecule has 0 spiro atoms. The van der Waals surface area contributed by atoms with E-state index >= 15 is 0 Å². The Kier molecular flexibility index (Phi) is 7.40. The first-order valence-electron chi connectivity index (χ1n) is 6.47. The van der Waals surface area contributed by atoms with Crippen LogP contribution in [0.4, 0.5) is 4.79 Å². The van der Waals surface area contributed by atoms with Crippen molar-refractivity contribution in [2.45, 2.75) is 24.8 Å². The van der Waals surface area contributed by atoms with Gasteiger partial charge in [-0.15, -0.1) is 11.8 Å². The average molecular weight is 389 g/mol. The third-order valence-electron chi connectivity index (χ3n) is 2.54. The maximum atomic E-state index is 11.8. The predicted molar refractivity (Wildman–Crippen MR) is 87.3 cm³/mol. The van der Waals surface area contributed by atoms with Crippen LogP contribution in [0.3, 0.4) is 0 Å². The van der Waals surface area contributed by atoms with E-state index in [0.717, 1.165) is 9.37 Å². The van der Waals surface area contributed by atoms with Gasteiger partial charge in [-0.1, -0.05) is 29.8 Å². The van der Waals surface area contributed by atoms with Crippen LogP contribution in [0.1, 0.15) is 13.8 Å². The zero-order valence-corrected chi connectivity index (χ0v) is 14.6. The van der Waals surface area contributed by atoms with Gasteiger partial charge in [-0.05, 0) is 30.2 Å². The summed E-state index contributed by atoms with van der Waals surface area (Å²) in [5.41, 5.74) is 4.89. The van der Waals surface area contributed by atoms with Crippen LogP contribution in [0.15, 0.2) is 33.6 Å². The fraction of sp³-hybridized carbons (Fsp3) is 0.357. The quantitative estimate of drug-likeness (QED) is 0.575. The van der Waals surface area contributed by atoms with E-state index in [9.17, 15) is 14.4 Å². The number of hydrogen-bond acceptors (Lipinski definition) is 5. The van der Waals surface area contributed by atoms with Crippen molar-refractivity contribution in [3.8, 4) is 0 Å². The first-order valence-corrected chi connectivity index (χ1v) is 8.25. The molecule has 8 heteroatoms. The molecule has 3 N–H and O–H groups in total. The Morgan fingerprint density at radius 2 is 1.86 bits per heavy atom. The Bertz CT molecular complexity index is 548. The van der Waals surface area contributed by atoms with Crippen LogP contribution in [-0.4, -0.2) is 29.8 Å². The number of ether oxygens (including phenoxy) is 1. The van der Waals surface area contributed by atoms with Gasteiger partial charge >= 0.3 is 12.0 Å². The predicted octanol–water partition coefficient (Wildman–Crippen LogP) is 2.30. The van der Waals surface area contributed by atoms with E-state index in [4.69, 9.17) is 10.5 Å². The molecule has 1 aromatic carbocycles. The number of urea groups is 1. The Balaban J connectivity index is 2.54.